The zero-order valence-corrected chi connectivity index (χ0v) is 37.3. The third kappa shape index (κ3) is 9.54. The summed E-state index contributed by atoms with van der Waals surface area (Å²) in [4.78, 5) is 15.2. The van der Waals surface area contributed by atoms with Gasteiger partial charge in [-0.1, -0.05) is 231 Å². The number of benzene rings is 9. The van der Waals surface area contributed by atoms with Crippen LogP contribution in [-0.2, 0) is 0 Å². The van der Waals surface area contributed by atoms with Crippen LogP contribution in [0.15, 0.2) is 271 Å². The maximum Gasteiger partial charge on any atom is 0.160 e. The Morgan fingerprint density at radius 1 is 0.328 bits per heavy atom. The molecular formula is C64H47N3. The molecule has 1 heterocycles. The molecule has 0 atom stereocenters. The Kier molecular flexibility index (Phi) is 12.3. The molecular weight excluding hydrogens is 811 g/mol. The van der Waals surface area contributed by atoms with E-state index in [0.717, 1.165) is 95.0 Å². The van der Waals surface area contributed by atoms with Crippen LogP contribution in [-0.4, -0.2) is 16.5 Å². The fraction of sp³-hybridized carbons (Fsp3) is 0.0156. The molecule has 0 aliphatic carbocycles. The van der Waals surface area contributed by atoms with E-state index < -0.39 is 0 Å². The first-order valence-electron chi connectivity index (χ1n) is 22.6. The number of rotatable bonds is 11. The molecule has 1 aromatic heterocycles. The van der Waals surface area contributed by atoms with E-state index in [-0.39, 0.29) is 0 Å². The Morgan fingerprint density at radius 3 is 1.21 bits per heavy atom. The topological polar surface area (TPSA) is 37.6 Å². The van der Waals surface area contributed by atoms with Crippen molar-refractivity contribution in [3.05, 3.63) is 278 Å². The van der Waals surface area contributed by atoms with Gasteiger partial charge in [-0.3, -0.25) is 0 Å². The van der Waals surface area contributed by atoms with Crippen molar-refractivity contribution in [2.24, 2.45) is 9.98 Å². The molecule has 0 unspecified atom stereocenters. The molecule has 0 N–H and O–H groups in total. The molecule has 9 aromatic carbocycles. The van der Waals surface area contributed by atoms with E-state index >= 15 is 0 Å². The van der Waals surface area contributed by atoms with E-state index in [1.807, 2.05) is 79.7 Å². The summed E-state index contributed by atoms with van der Waals surface area (Å²) in [5.74, 6) is 0.616. The zero-order valence-electron chi connectivity index (χ0n) is 37.3. The van der Waals surface area contributed by atoms with Crippen molar-refractivity contribution < 1.29 is 0 Å². The maximum absolute atomic E-state index is 5.15. The standard InChI is InChI=1S/C64H47N3/c1-45(47-22-9-3-10-23-47)65-64(54-32-19-8-20-33-54)66-46(2)48-36-38-53(39-37-48)63-59(49-24-11-4-12-25-49)41-57(42-60(63)50-26-13-5-14-27-50)55-34-21-35-56(40-55)58-43-61(51-28-15-6-16-29-51)67-62(44-58)52-30-17-7-18-31-52/h3-44H,1H2,2H3. The van der Waals surface area contributed by atoms with E-state index in [9.17, 15) is 0 Å². The predicted octanol–water partition coefficient (Wildman–Crippen LogP) is 16.7. The second-order valence-corrected chi connectivity index (χ2v) is 16.5. The lowest BCUT2D eigenvalue weighted by molar-refractivity contribution is 1.32. The van der Waals surface area contributed by atoms with Gasteiger partial charge in [-0.2, -0.15) is 0 Å². The third-order valence-corrected chi connectivity index (χ3v) is 12.0. The quantitative estimate of drug-likeness (QED) is 0.0943. The van der Waals surface area contributed by atoms with Crippen LogP contribution in [0.3, 0.4) is 0 Å². The van der Waals surface area contributed by atoms with Gasteiger partial charge in [0.2, 0.25) is 0 Å². The number of pyridine rings is 1. The maximum atomic E-state index is 5.15. The Labute approximate surface area is 393 Å². The summed E-state index contributed by atoms with van der Waals surface area (Å²) < 4.78 is 0. The highest BCUT2D eigenvalue weighted by Crippen LogP contribution is 2.44. The Balaban J connectivity index is 1.08. The Bertz CT molecular complexity index is 3240. The lowest BCUT2D eigenvalue weighted by Crippen LogP contribution is -2.04. The molecule has 0 aliphatic rings. The van der Waals surface area contributed by atoms with E-state index in [2.05, 4.69) is 189 Å². The van der Waals surface area contributed by atoms with Crippen molar-refractivity contribution in [3.8, 4) is 78.1 Å². The fourth-order valence-corrected chi connectivity index (χ4v) is 8.57. The fourth-order valence-electron chi connectivity index (χ4n) is 8.57. The summed E-state index contributed by atoms with van der Waals surface area (Å²) in [5.41, 5.74) is 19.8. The molecule has 318 valence electrons. The van der Waals surface area contributed by atoms with Crippen LogP contribution in [0.5, 0.6) is 0 Å². The number of aliphatic imine (C=N–C) groups is 2. The molecule has 0 radical (unpaired) electrons. The SMILES string of the molecule is C=C(N=C(N=C(C)c1ccc(-c2c(-c3ccccc3)cc(-c3cccc(-c4cc(-c5ccccc5)nc(-c5ccccc5)c4)c3)cc2-c2ccccc2)cc1)c1ccccc1)c1ccccc1. The first kappa shape index (κ1) is 42.2. The van der Waals surface area contributed by atoms with Crippen molar-refractivity contribution in [2.75, 3.05) is 0 Å². The van der Waals surface area contributed by atoms with Gasteiger partial charge in [0.1, 0.15) is 0 Å². The Hall–Kier alpha value is -8.79. The summed E-state index contributed by atoms with van der Waals surface area (Å²) in [7, 11) is 0. The predicted molar refractivity (Wildman–Crippen MR) is 283 cm³/mol. The van der Waals surface area contributed by atoms with Gasteiger partial charge in [-0.05, 0) is 104 Å². The molecule has 0 spiro atoms. The summed E-state index contributed by atoms with van der Waals surface area (Å²) in [6.45, 7) is 6.34. The molecule has 0 saturated carbocycles. The highest BCUT2D eigenvalue weighted by Gasteiger charge is 2.19. The number of aromatic nitrogens is 1. The number of nitrogens with zero attached hydrogens (tertiary/aromatic N) is 3. The van der Waals surface area contributed by atoms with Crippen molar-refractivity contribution in [1.29, 1.82) is 0 Å². The van der Waals surface area contributed by atoms with Gasteiger partial charge in [0, 0.05) is 22.4 Å². The number of hydrogen-bond donors (Lipinski definition) is 0. The van der Waals surface area contributed by atoms with Gasteiger partial charge >= 0.3 is 0 Å². The molecule has 3 heteroatoms. The first-order valence-corrected chi connectivity index (χ1v) is 22.6. The van der Waals surface area contributed by atoms with Gasteiger partial charge in [-0.15, -0.1) is 0 Å². The minimum absolute atomic E-state index is 0.616. The summed E-state index contributed by atoms with van der Waals surface area (Å²) in [5, 5.41) is 0. The normalized spacial score (nSPS) is 11.6. The van der Waals surface area contributed by atoms with E-state index in [1.165, 1.54) is 5.56 Å². The average molecular weight is 858 g/mol. The van der Waals surface area contributed by atoms with Crippen LogP contribution in [0, 0.1) is 0 Å². The smallest absolute Gasteiger partial charge is 0.160 e. The molecule has 0 aliphatic heterocycles. The Morgan fingerprint density at radius 2 is 0.731 bits per heavy atom. The molecule has 10 rings (SSSR count). The van der Waals surface area contributed by atoms with E-state index in [1.54, 1.807) is 0 Å². The second kappa shape index (κ2) is 19.5. The van der Waals surface area contributed by atoms with Gasteiger partial charge < -0.3 is 0 Å². The molecule has 0 saturated heterocycles. The van der Waals surface area contributed by atoms with Crippen LogP contribution in [0.1, 0.15) is 23.6 Å². The van der Waals surface area contributed by atoms with Crippen LogP contribution in [0.2, 0.25) is 0 Å². The second-order valence-electron chi connectivity index (χ2n) is 16.5. The van der Waals surface area contributed by atoms with Crippen LogP contribution >= 0.6 is 0 Å². The third-order valence-electron chi connectivity index (χ3n) is 12.0. The minimum Gasteiger partial charge on any atom is -0.248 e. The van der Waals surface area contributed by atoms with Gasteiger partial charge in [0.05, 0.1) is 17.1 Å². The summed E-state index contributed by atoms with van der Waals surface area (Å²) in [6.07, 6.45) is 0. The van der Waals surface area contributed by atoms with Crippen LogP contribution in [0.25, 0.3) is 83.8 Å². The molecule has 10 aromatic rings. The van der Waals surface area contributed by atoms with Crippen LogP contribution < -0.4 is 0 Å². The van der Waals surface area contributed by atoms with Crippen molar-refractivity contribution >= 4 is 17.2 Å². The van der Waals surface area contributed by atoms with Gasteiger partial charge in [-0.25, -0.2) is 15.0 Å². The van der Waals surface area contributed by atoms with Crippen molar-refractivity contribution in [3.63, 3.8) is 0 Å². The molecule has 3 nitrogen and oxygen atoms in total. The number of amidine groups is 1. The van der Waals surface area contributed by atoms with Gasteiger partial charge in [0.25, 0.3) is 0 Å². The lowest BCUT2D eigenvalue weighted by Gasteiger charge is -2.20. The molecule has 0 fully saturated rings. The van der Waals surface area contributed by atoms with E-state index in [0.29, 0.717) is 11.5 Å². The first-order chi connectivity index (χ1) is 33.0. The average Bonchev–Trinajstić information content (AvgIpc) is 3.41. The molecule has 0 amide bonds. The van der Waals surface area contributed by atoms with E-state index in [4.69, 9.17) is 15.0 Å². The highest BCUT2D eigenvalue weighted by molar-refractivity contribution is 6.13. The highest BCUT2D eigenvalue weighted by atomic mass is 14.9. The summed E-state index contributed by atoms with van der Waals surface area (Å²) in [6, 6.07) is 89.3. The zero-order chi connectivity index (χ0) is 45.4. The largest absolute Gasteiger partial charge is 0.248 e. The van der Waals surface area contributed by atoms with Crippen molar-refractivity contribution in [1.82, 2.24) is 4.98 Å². The lowest BCUT2D eigenvalue weighted by atomic mass is 9.84. The van der Waals surface area contributed by atoms with Crippen LogP contribution in [0.4, 0.5) is 0 Å². The van der Waals surface area contributed by atoms with Gasteiger partial charge in [0.15, 0.2) is 5.84 Å². The molecule has 0 bridgehead atoms. The molecule has 67 heavy (non-hydrogen) atoms. The monoisotopic (exact) mass is 857 g/mol. The van der Waals surface area contributed by atoms with Crippen molar-refractivity contribution in [2.45, 2.75) is 6.92 Å². The number of hydrogen-bond acceptors (Lipinski definition) is 2. The summed E-state index contributed by atoms with van der Waals surface area (Å²) >= 11 is 0. The minimum atomic E-state index is 0.616.